The molecule has 0 aliphatic carbocycles. The summed E-state index contributed by atoms with van der Waals surface area (Å²) >= 11 is 1.66. The van der Waals surface area contributed by atoms with Gasteiger partial charge in [0.2, 0.25) is 0 Å². The SMILES string of the molecule is CC[C@@H](CCSCC(O)COCCOCCOCCOC)C(C)=O. The van der Waals surface area contributed by atoms with Gasteiger partial charge >= 0.3 is 0 Å². The van der Waals surface area contributed by atoms with Crippen LogP contribution in [0.25, 0.3) is 0 Å². The van der Waals surface area contributed by atoms with E-state index in [9.17, 15) is 9.90 Å². The van der Waals surface area contributed by atoms with Crippen molar-refractivity contribution >= 4 is 17.5 Å². The molecule has 0 radical (unpaired) electrons. The Morgan fingerprint density at radius 3 is 2.17 bits per heavy atom. The van der Waals surface area contributed by atoms with Crippen LogP contribution >= 0.6 is 11.8 Å². The number of aliphatic hydroxyl groups excluding tert-OH is 1. The molecule has 2 atom stereocenters. The zero-order valence-corrected chi connectivity index (χ0v) is 16.1. The van der Waals surface area contributed by atoms with Gasteiger partial charge in [0, 0.05) is 18.8 Å². The lowest BCUT2D eigenvalue weighted by molar-refractivity contribution is -0.120. The van der Waals surface area contributed by atoms with Crippen LogP contribution in [0.5, 0.6) is 0 Å². The zero-order valence-electron chi connectivity index (χ0n) is 15.3. The maximum Gasteiger partial charge on any atom is 0.132 e. The highest BCUT2D eigenvalue weighted by Gasteiger charge is 2.12. The first-order valence-corrected chi connectivity index (χ1v) is 9.75. The first-order valence-electron chi connectivity index (χ1n) is 8.60. The standard InChI is InChI=1S/C17H34O6S/c1-4-16(15(2)18)5-12-24-14-17(19)13-23-11-10-22-9-8-21-7-6-20-3/h16-17,19H,4-14H2,1-3H3/t16-,17?/m0/s1. The molecule has 0 aromatic rings. The number of aliphatic hydroxyl groups is 1. The molecule has 0 aliphatic heterocycles. The van der Waals surface area contributed by atoms with Crippen molar-refractivity contribution in [3.63, 3.8) is 0 Å². The summed E-state index contributed by atoms with van der Waals surface area (Å²) in [5.41, 5.74) is 0. The lowest BCUT2D eigenvalue weighted by Gasteiger charge is -2.13. The van der Waals surface area contributed by atoms with Crippen LogP contribution in [0.15, 0.2) is 0 Å². The molecule has 0 saturated heterocycles. The predicted octanol–water partition coefficient (Wildman–Crippen LogP) is 1.78. The van der Waals surface area contributed by atoms with Crippen molar-refractivity contribution in [2.75, 3.05) is 64.9 Å². The van der Waals surface area contributed by atoms with Gasteiger partial charge in [-0.1, -0.05) is 6.92 Å². The van der Waals surface area contributed by atoms with Gasteiger partial charge in [-0.05, 0) is 25.5 Å². The monoisotopic (exact) mass is 366 g/mol. The molecule has 0 bridgehead atoms. The largest absolute Gasteiger partial charge is 0.390 e. The molecular formula is C17H34O6S. The van der Waals surface area contributed by atoms with E-state index in [-0.39, 0.29) is 11.7 Å². The minimum atomic E-state index is -0.482. The molecule has 1 N–H and O–H groups in total. The van der Waals surface area contributed by atoms with Crippen LogP contribution < -0.4 is 0 Å². The number of carbonyl (C=O) groups is 1. The number of ketones is 1. The number of hydrogen-bond donors (Lipinski definition) is 1. The number of rotatable bonds is 18. The van der Waals surface area contributed by atoms with Crippen LogP contribution in [-0.4, -0.2) is 81.9 Å². The van der Waals surface area contributed by atoms with E-state index in [1.165, 1.54) is 0 Å². The highest BCUT2D eigenvalue weighted by atomic mass is 32.2. The molecule has 7 heteroatoms. The van der Waals surface area contributed by atoms with E-state index in [0.717, 1.165) is 18.6 Å². The Kier molecular flexibility index (Phi) is 17.5. The smallest absolute Gasteiger partial charge is 0.132 e. The van der Waals surface area contributed by atoms with Gasteiger partial charge in [0.05, 0.1) is 52.4 Å². The minimum Gasteiger partial charge on any atom is -0.390 e. The molecule has 1 unspecified atom stereocenters. The van der Waals surface area contributed by atoms with Crippen LogP contribution in [0.4, 0.5) is 0 Å². The highest BCUT2D eigenvalue weighted by Crippen LogP contribution is 2.14. The Bertz CT molecular complexity index is 290. The molecule has 0 fully saturated rings. The number of Topliss-reactive ketones (excluding diaryl/α,β-unsaturated/α-hetero) is 1. The molecule has 144 valence electrons. The lowest BCUT2D eigenvalue weighted by Crippen LogP contribution is -2.20. The van der Waals surface area contributed by atoms with Gasteiger partial charge in [-0.3, -0.25) is 4.79 Å². The van der Waals surface area contributed by atoms with Crippen molar-refractivity contribution < 1.29 is 28.8 Å². The van der Waals surface area contributed by atoms with Gasteiger partial charge in [0.1, 0.15) is 5.78 Å². The fourth-order valence-electron chi connectivity index (χ4n) is 1.99. The van der Waals surface area contributed by atoms with Crippen molar-refractivity contribution in [1.82, 2.24) is 0 Å². The number of carbonyl (C=O) groups excluding carboxylic acids is 1. The number of methoxy groups -OCH3 is 1. The van der Waals surface area contributed by atoms with E-state index in [2.05, 4.69) is 0 Å². The zero-order chi connectivity index (χ0) is 18.0. The van der Waals surface area contributed by atoms with Gasteiger partial charge in [0.25, 0.3) is 0 Å². The normalized spacial score (nSPS) is 13.8. The van der Waals surface area contributed by atoms with Crippen LogP contribution in [0.3, 0.4) is 0 Å². The second-order valence-electron chi connectivity index (χ2n) is 5.53. The molecule has 0 spiro atoms. The average molecular weight is 367 g/mol. The van der Waals surface area contributed by atoms with Crippen molar-refractivity contribution in [3.8, 4) is 0 Å². The molecule has 0 rings (SSSR count). The van der Waals surface area contributed by atoms with Gasteiger partial charge in [0.15, 0.2) is 0 Å². The summed E-state index contributed by atoms with van der Waals surface area (Å²) in [7, 11) is 1.64. The molecule has 0 saturated carbocycles. The number of hydrogen-bond acceptors (Lipinski definition) is 7. The Balaban J connectivity index is 3.32. The van der Waals surface area contributed by atoms with Crippen molar-refractivity contribution in [2.45, 2.75) is 32.8 Å². The fourth-order valence-corrected chi connectivity index (χ4v) is 2.98. The first-order chi connectivity index (χ1) is 11.6. The van der Waals surface area contributed by atoms with Crippen molar-refractivity contribution in [1.29, 1.82) is 0 Å². The summed E-state index contributed by atoms with van der Waals surface area (Å²) < 4.78 is 20.8. The summed E-state index contributed by atoms with van der Waals surface area (Å²) in [6.07, 6.45) is 1.29. The Morgan fingerprint density at radius 2 is 1.62 bits per heavy atom. The molecule has 0 amide bonds. The second-order valence-corrected chi connectivity index (χ2v) is 6.68. The summed E-state index contributed by atoms with van der Waals surface area (Å²) in [6, 6.07) is 0. The number of ether oxygens (including phenoxy) is 4. The summed E-state index contributed by atoms with van der Waals surface area (Å²) in [6.45, 7) is 7.18. The quantitative estimate of drug-likeness (QED) is 0.371. The molecule has 6 nitrogen and oxygen atoms in total. The average Bonchev–Trinajstić information content (AvgIpc) is 2.56. The van der Waals surface area contributed by atoms with E-state index < -0.39 is 6.10 Å². The molecule has 0 aliphatic rings. The summed E-state index contributed by atoms with van der Waals surface area (Å²) in [5, 5.41) is 9.82. The Morgan fingerprint density at radius 1 is 1.04 bits per heavy atom. The maximum atomic E-state index is 11.3. The maximum absolute atomic E-state index is 11.3. The summed E-state index contributed by atoms with van der Waals surface area (Å²) in [5.74, 6) is 1.93. The molecule has 0 heterocycles. The lowest BCUT2D eigenvalue weighted by atomic mass is 10.00. The van der Waals surface area contributed by atoms with E-state index >= 15 is 0 Å². The van der Waals surface area contributed by atoms with Gasteiger partial charge in [-0.25, -0.2) is 0 Å². The molecular weight excluding hydrogens is 332 g/mol. The topological polar surface area (TPSA) is 74.2 Å². The van der Waals surface area contributed by atoms with Crippen LogP contribution in [0.1, 0.15) is 26.7 Å². The van der Waals surface area contributed by atoms with E-state index in [4.69, 9.17) is 18.9 Å². The van der Waals surface area contributed by atoms with Crippen LogP contribution in [-0.2, 0) is 23.7 Å². The van der Waals surface area contributed by atoms with Crippen molar-refractivity contribution in [3.05, 3.63) is 0 Å². The van der Waals surface area contributed by atoms with Gasteiger partial charge in [-0.2, -0.15) is 11.8 Å². The Labute approximate surface area is 150 Å². The highest BCUT2D eigenvalue weighted by molar-refractivity contribution is 7.99. The van der Waals surface area contributed by atoms with Crippen molar-refractivity contribution in [2.24, 2.45) is 5.92 Å². The summed E-state index contributed by atoms with van der Waals surface area (Å²) in [4.78, 5) is 11.3. The number of thioether (sulfide) groups is 1. The van der Waals surface area contributed by atoms with Crippen LogP contribution in [0, 0.1) is 5.92 Å². The van der Waals surface area contributed by atoms with Gasteiger partial charge < -0.3 is 24.1 Å². The van der Waals surface area contributed by atoms with Gasteiger partial charge in [-0.15, -0.1) is 0 Å². The van der Waals surface area contributed by atoms with E-state index in [1.54, 1.807) is 25.8 Å². The third-order valence-electron chi connectivity index (χ3n) is 3.47. The third-order valence-corrected chi connectivity index (χ3v) is 4.62. The Hall–Kier alpha value is -0.180. The van der Waals surface area contributed by atoms with E-state index in [0.29, 0.717) is 52.0 Å². The molecule has 0 aromatic heterocycles. The molecule has 24 heavy (non-hydrogen) atoms. The fraction of sp³-hybridized carbons (Fsp3) is 0.941. The van der Waals surface area contributed by atoms with Crippen LogP contribution in [0.2, 0.25) is 0 Å². The predicted molar refractivity (Wildman–Crippen MR) is 96.7 cm³/mol. The first kappa shape index (κ1) is 23.8. The third kappa shape index (κ3) is 15.4. The minimum absolute atomic E-state index is 0.154. The van der Waals surface area contributed by atoms with E-state index in [1.807, 2.05) is 6.92 Å². The second kappa shape index (κ2) is 17.6. The molecule has 0 aromatic carbocycles.